The molecule has 2 saturated heterocycles. The van der Waals surface area contributed by atoms with Gasteiger partial charge in [0.2, 0.25) is 5.91 Å². The third kappa shape index (κ3) is 3.34. The van der Waals surface area contributed by atoms with Gasteiger partial charge in [0.05, 0.1) is 25.1 Å². The largest absolute Gasteiger partial charge is 0.391 e. The molecular formula is C15H19FNO8P. The number of ketones is 1. The molecule has 6 atom stereocenters. The van der Waals surface area contributed by atoms with Crippen LogP contribution in [-0.4, -0.2) is 64.5 Å². The first-order valence-electron chi connectivity index (χ1n) is 8.05. The smallest absolute Gasteiger partial charge is 0.382 e. The molecule has 0 saturated carbocycles. The molecule has 0 aromatic carbocycles. The molecule has 144 valence electrons. The van der Waals surface area contributed by atoms with Crippen LogP contribution in [0.2, 0.25) is 0 Å². The first kappa shape index (κ1) is 19.2. The molecule has 1 N–H and O–H groups in total. The van der Waals surface area contributed by atoms with Gasteiger partial charge in [-0.15, -0.1) is 0 Å². The fourth-order valence-corrected chi connectivity index (χ4v) is 4.93. The number of allylic oxidation sites excluding steroid dienone is 1. The highest BCUT2D eigenvalue weighted by molar-refractivity contribution is 7.55. The summed E-state index contributed by atoms with van der Waals surface area (Å²) in [5.74, 6) is -2.31. The van der Waals surface area contributed by atoms with Gasteiger partial charge in [-0.1, -0.05) is 6.92 Å². The highest BCUT2D eigenvalue weighted by Crippen LogP contribution is 2.55. The van der Waals surface area contributed by atoms with E-state index in [1.165, 1.54) is 6.92 Å². The van der Waals surface area contributed by atoms with Crippen molar-refractivity contribution in [1.82, 2.24) is 4.90 Å². The lowest BCUT2D eigenvalue weighted by atomic mass is 9.97. The molecule has 3 heterocycles. The zero-order valence-corrected chi connectivity index (χ0v) is 15.1. The molecule has 0 bridgehead atoms. The molecule has 0 radical (unpaired) electrons. The molecule has 3 aliphatic heterocycles. The second-order valence-corrected chi connectivity index (χ2v) is 8.81. The van der Waals surface area contributed by atoms with Gasteiger partial charge < -0.3 is 14.4 Å². The number of carbonyl (C=O) groups is 3. The molecule has 2 fully saturated rings. The highest BCUT2D eigenvalue weighted by Gasteiger charge is 2.58. The lowest BCUT2D eigenvalue weighted by Crippen LogP contribution is -2.51. The van der Waals surface area contributed by atoms with Gasteiger partial charge in [0.15, 0.2) is 17.7 Å². The summed E-state index contributed by atoms with van der Waals surface area (Å²) in [7, 11) is -3.68. The highest BCUT2D eigenvalue weighted by atomic mass is 31.2. The lowest BCUT2D eigenvalue weighted by molar-refractivity contribution is -0.151. The number of hydrogen-bond acceptors (Lipinski definition) is 8. The van der Waals surface area contributed by atoms with Crippen molar-refractivity contribution in [2.45, 2.75) is 44.4 Å². The molecule has 0 aliphatic carbocycles. The Kier molecular flexibility index (Phi) is 4.81. The monoisotopic (exact) mass is 391 g/mol. The number of hydrogen-bond donors (Lipinski definition) is 1. The molecule has 0 spiro atoms. The average molecular weight is 391 g/mol. The predicted molar refractivity (Wildman–Crippen MR) is 83.5 cm³/mol. The maximum absolute atomic E-state index is 15.0. The topological polar surface area (TPSA) is 119 Å². The van der Waals surface area contributed by atoms with E-state index in [0.29, 0.717) is 0 Å². The number of rotatable bonds is 4. The summed E-state index contributed by atoms with van der Waals surface area (Å²) >= 11 is 0. The van der Waals surface area contributed by atoms with Crippen molar-refractivity contribution in [1.29, 1.82) is 0 Å². The van der Waals surface area contributed by atoms with E-state index in [9.17, 15) is 28.4 Å². The Morgan fingerprint density at radius 3 is 2.73 bits per heavy atom. The van der Waals surface area contributed by atoms with E-state index in [1.54, 1.807) is 0 Å². The molecule has 3 aliphatic rings. The van der Waals surface area contributed by atoms with Crippen LogP contribution in [0.4, 0.5) is 4.39 Å². The van der Waals surface area contributed by atoms with Gasteiger partial charge in [0.1, 0.15) is 12.2 Å². The van der Waals surface area contributed by atoms with E-state index < -0.39 is 68.3 Å². The van der Waals surface area contributed by atoms with Crippen LogP contribution >= 0.6 is 7.60 Å². The lowest BCUT2D eigenvalue weighted by Gasteiger charge is -2.32. The normalized spacial score (nSPS) is 43.2. The number of halogens is 1. The Labute approximate surface area is 148 Å². The Morgan fingerprint density at radius 2 is 2.15 bits per heavy atom. The summed E-state index contributed by atoms with van der Waals surface area (Å²) < 4.78 is 42.6. The summed E-state index contributed by atoms with van der Waals surface area (Å²) in [6.07, 6.45) is -2.71. The van der Waals surface area contributed by atoms with Gasteiger partial charge >= 0.3 is 13.6 Å². The summed E-state index contributed by atoms with van der Waals surface area (Å²) in [5.41, 5.74) is -2.36. The quantitative estimate of drug-likeness (QED) is 0.544. The Morgan fingerprint density at radius 1 is 1.46 bits per heavy atom. The Bertz CT molecular complexity index is 722. The Hall–Kier alpha value is -1.61. The number of alkyl halides is 1. The van der Waals surface area contributed by atoms with Gasteiger partial charge in [0.25, 0.3) is 0 Å². The minimum Gasteiger partial charge on any atom is -0.391 e. The standard InChI is InChI=1S/C15H19FNO8P/c1-8-7-26(22,25-13(8)21)23-6-10-12(20)15(2,16)14(24-10)17-4-3-9(18)5-11(17)19/h3-4,8,10,12,14,20H,5-7H2,1-2H3/t8-,10-,12-,14-,15-,26?/m1/s1. The second kappa shape index (κ2) is 6.53. The molecule has 0 aromatic heterocycles. The molecule has 11 heteroatoms. The molecule has 26 heavy (non-hydrogen) atoms. The van der Waals surface area contributed by atoms with Crippen LogP contribution in [0.5, 0.6) is 0 Å². The van der Waals surface area contributed by atoms with E-state index in [-0.39, 0.29) is 6.16 Å². The van der Waals surface area contributed by atoms with Gasteiger partial charge in [0, 0.05) is 6.20 Å². The van der Waals surface area contributed by atoms with Crippen LogP contribution in [0, 0.1) is 5.92 Å². The van der Waals surface area contributed by atoms with E-state index in [2.05, 4.69) is 0 Å². The van der Waals surface area contributed by atoms with Gasteiger partial charge in [-0.2, -0.15) is 0 Å². The zero-order valence-electron chi connectivity index (χ0n) is 14.2. The fraction of sp³-hybridized carbons (Fsp3) is 0.667. The first-order chi connectivity index (χ1) is 12.0. The molecule has 3 rings (SSSR count). The molecule has 1 unspecified atom stereocenters. The number of aliphatic hydroxyl groups excluding tert-OH is 1. The number of amides is 1. The van der Waals surface area contributed by atoms with Crippen LogP contribution in [0.3, 0.4) is 0 Å². The number of aliphatic hydroxyl groups is 1. The van der Waals surface area contributed by atoms with E-state index in [4.69, 9.17) is 13.8 Å². The van der Waals surface area contributed by atoms with E-state index >= 15 is 0 Å². The van der Waals surface area contributed by atoms with Crippen molar-refractivity contribution in [2.24, 2.45) is 5.92 Å². The van der Waals surface area contributed by atoms with Crippen molar-refractivity contribution in [3.63, 3.8) is 0 Å². The predicted octanol–water partition coefficient (Wildman–Crippen LogP) is 0.518. The van der Waals surface area contributed by atoms with Gasteiger partial charge in [-0.05, 0) is 13.0 Å². The summed E-state index contributed by atoms with van der Waals surface area (Å²) in [4.78, 5) is 35.5. The van der Waals surface area contributed by atoms with Crippen LogP contribution in [0.1, 0.15) is 20.3 Å². The van der Waals surface area contributed by atoms with Gasteiger partial charge in [-0.25, -0.2) is 8.96 Å². The van der Waals surface area contributed by atoms with Gasteiger partial charge in [-0.3, -0.25) is 23.8 Å². The number of ether oxygens (including phenoxy) is 1. The molecule has 1 amide bonds. The third-order valence-electron chi connectivity index (χ3n) is 4.57. The van der Waals surface area contributed by atoms with Crippen molar-refractivity contribution < 1.29 is 42.2 Å². The number of carbonyl (C=O) groups excluding carboxylic acids is 3. The zero-order chi connectivity index (χ0) is 19.3. The third-order valence-corrected chi connectivity index (χ3v) is 6.56. The minimum absolute atomic E-state index is 0.111. The van der Waals surface area contributed by atoms with Crippen molar-refractivity contribution >= 4 is 25.3 Å². The molecular weight excluding hydrogens is 372 g/mol. The van der Waals surface area contributed by atoms with E-state index in [0.717, 1.165) is 24.1 Å². The maximum Gasteiger partial charge on any atom is 0.382 e. The Balaban J connectivity index is 1.70. The second-order valence-electron chi connectivity index (χ2n) is 6.78. The number of nitrogens with zero attached hydrogens (tertiary/aromatic N) is 1. The average Bonchev–Trinajstić information content (AvgIpc) is 2.92. The summed E-state index contributed by atoms with van der Waals surface area (Å²) in [6.45, 7) is 2.11. The van der Waals surface area contributed by atoms with Crippen LogP contribution in [-0.2, 0) is 32.7 Å². The summed E-state index contributed by atoms with van der Waals surface area (Å²) in [6, 6.07) is 0. The van der Waals surface area contributed by atoms with Crippen molar-refractivity contribution in [2.75, 3.05) is 12.8 Å². The summed E-state index contributed by atoms with van der Waals surface area (Å²) in [5, 5.41) is 10.2. The maximum atomic E-state index is 15.0. The van der Waals surface area contributed by atoms with Crippen LogP contribution in [0.15, 0.2) is 12.3 Å². The molecule has 0 aromatic rings. The van der Waals surface area contributed by atoms with Crippen LogP contribution in [0.25, 0.3) is 0 Å². The van der Waals surface area contributed by atoms with Crippen molar-refractivity contribution in [3.8, 4) is 0 Å². The van der Waals surface area contributed by atoms with Crippen LogP contribution < -0.4 is 0 Å². The molecule has 9 nitrogen and oxygen atoms in total. The van der Waals surface area contributed by atoms with E-state index in [1.807, 2.05) is 0 Å². The minimum atomic E-state index is -3.68. The SMILES string of the molecule is C[C@@H]1CP(=O)(OC[C@H]2O[C@@H](N3C=CC(=O)CC3=O)[C@](C)(F)[C@@H]2O)OC1=O. The fourth-order valence-electron chi connectivity index (χ4n) is 3.05. The first-order valence-corrected chi connectivity index (χ1v) is 9.78. The van der Waals surface area contributed by atoms with Crippen molar-refractivity contribution in [3.05, 3.63) is 12.3 Å².